The van der Waals surface area contributed by atoms with Gasteiger partial charge in [-0.2, -0.15) is 0 Å². The van der Waals surface area contributed by atoms with Gasteiger partial charge in [-0.15, -0.1) is 0 Å². The van der Waals surface area contributed by atoms with Crippen LogP contribution in [0.4, 0.5) is 0 Å². The molecule has 1 nitrogen and oxygen atoms in total. The fraction of sp³-hybridized carbons (Fsp3) is 0.667. The van der Waals surface area contributed by atoms with Crippen molar-refractivity contribution in [3.05, 3.63) is 34.9 Å². The third-order valence-electron chi connectivity index (χ3n) is 6.56. The summed E-state index contributed by atoms with van der Waals surface area (Å²) < 4.78 is 6.45. The first kappa shape index (κ1) is 14.4. The van der Waals surface area contributed by atoms with E-state index in [-0.39, 0.29) is 11.0 Å². The van der Waals surface area contributed by atoms with Crippen LogP contribution in [0.15, 0.2) is 24.3 Å². The topological polar surface area (TPSA) is 9.23 Å². The maximum Gasteiger partial charge on any atom is 0.0992 e. The van der Waals surface area contributed by atoms with Gasteiger partial charge in [0, 0.05) is 17.0 Å². The Morgan fingerprint density at radius 1 is 1.20 bits per heavy atom. The van der Waals surface area contributed by atoms with E-state index >= 15 is 0 Å². The van der Waals surface area contributed by atoms with Crippen molar-refractivity contribution in [1.29, 1.82) is 0 Å². The van der Waals surface area contributed by atoms with E-state index in [0.29, 0.717) is 5.41 Å². The Labute approximate surface area is 127 Å². The standard InChI is InChI=1S/C18H25ClO/c1-5-20-18(13-6-8-15(19)9-7-13)12-14-10-11-17(18,4)16(14,2)3/h6-9,14H,5,10-12H2,1-4H3. The van der Waals surface area contributed by atoms with Crippen LogP contribution in [-0.4, -0.2) is 6.61 Å². The van der Waals surface area contributed by atoms with Crippen LogP contribution in [0.25, 0.3) is 0 Å². The summed E-state index contributed by atoms with van der Waals surface area (Å²) in [5.74, 6) is 0.759. The molecule has 2 heteroatoms. The Hall–Kier alpha value is -0.530. The van der Waals surface area contributed by atoms with Crippen molar-refractivity contribution in [1.82, 2.24) is 0 Å². The molecule has 0 amide bonds. The van der Waals surface area contributed by atoms with Gasteiger partial charge in [0.25, 0.3) is 0 Å². The zero-order valence-corrected chi connectivity index (χ0v) is 13.8. The van der Waals surface area contributed by atoms with Gasteiger partial charge in [0.15, 0.2) is 0 Å². The number of ether oxygens (including phenoxy) is 1. The molecule has 0 aromatic heterocycles. The summed E-state index contributed by atoms with van der Waals surface area (Å²) in [6.45, 7) is 10.2. The van der Waals surface area contributed by atoms with Crippen molar-refractivity contribution in [2.75, 3.05) is 6.61 Å². The lowest BCUT2D eigenvalue weighted by molar-refractivity contribution is -0.142. The molecule has 2 fully saturated rings. The minimum absolute atomic E-state index is 0.140. The molecule has 2 aliphatic rings. The van der Waals surface area contributed by atoms with Gasteiger partial charge in [-0.3, -0.25) is 0 Å². The number of halogens is 1. The molecule has 2 bridgehead atoms. The van der Waals surface area contributed by atoms with Crippen molar-refractivity contribution in [2.24, 2.45) is 16.7 Å². The third kappa shape index (κ3) is 1.60. The first-order valence-electron chi connectivity index (χ1n) is 7.77. The second-order valence-electron chi connectivity index (χ2n) is 7.26. The molecule has 3 unspecified atom stereocenters. The SMILES string of the molecule is CCOC1(c2ccc(Cl)cc2)CC2CCC1(C)C2(C)C. The van der Waals surface area contributed by atoms with Crippen molar-refractivity contribution in [3.63, 3.8) is 0 Å². The molecule has 0 heterocycles. The molecule has 2 saturated carbocycles. The summed E-state index contributed by atoms with van der Waals surface area (Å²) in [5.41, 5.74) is 1.70. The van der Waals surface area contributed by atoms with E-state index in [1.165, 1.54) is 18.4 Å². The van der Waals surface area contributed by atoms with E-state index in [1.807, 2.05) is 12.1 Å². The molecule has 0 aliphatic heterocycles. The van der Waals surface area contributed by atoms with Gasteiger partial charge in [-0.1, -0.05) is 44.5 Å². The molecule has 3 atom stereocenters. The Morgan fingerprint density at radius 2 is 1.85 bits per heavy atom. The molecule has 0 radical (unpaired) electrons. The van der Waals surface area contributed by atoms with Crippen LogP contribution < -0.4 is 0 Å². The molecule has 0 N–H and O–H groups in total. The van der Waals surface area contributed by atoms with Crippen LogP contribution in [0.3, 0.4) is 0 Å². The molecular formula is C18H25ClO. The van der Waals surface area contributed by atoms with Crippen molar-refractivity contribution in [3.8, 4) is 0 Å². The maximum atomic E-state index is 6.45. The highest BCUT2D eigenvalue weighted by atomic mass is 35.5. The molecule has 110 valence electrons. The molecule has 0 spiro atoms. The Morgan fingerprint density at radius 3 is 2.30 bits per heavy atom. The molecule has 1 aromatic carbocycles. The van der Waals surface area contributed by atoms with E-state index in [4.69, 9.17) is 16.3 Å². The van der Waals surface area contributed by atoms with Crippen LogP contribution in [0, 0.1) is 16.7 Å². The van der Waals surface area contributed by atoms with Gasteiger partial charge < -0.3 is 4.74 Å². The lowest BCUT2D eigenvalue weighted by Crippen LogP contribution is -2.46. The number of hydrogen-bond donors (Lipinski definition) is 0. The first-order chi connectivity index (χ1) is 9.37. The summed E-state index contributed by atoms with van der Waals surface area (Å²) in [5, 5.41) is 0.799. The van der Waals surface area contributed by atoms with Crippen LogP contribution >= 0.6 is 11.6 Å². The summed E-state index contributed by atoms with van der Waals surface area (Å²) in [6.07, 6.45) is 3.74. The molecule has 3 rings (SSSR count). The van der Waals surface area contributed by atoms with Crippen LogP contribution in [0.1, 0.15) is 52.5 Å². The molecule has 20 heavy (non-hydrogen) atoms. The van der Waals surface area contributed by atoms with Crippen molar-refractivity contribution >= 4 is 11.6 Å². The van der Waals surface area contributed by atoms with E-state index in [2.05, 4.69) is 39.8 Å². The summed E-state index contributed by atoms with van der Waals surface area (Å²) in [7, 11) is 0. The van der Waals surface area contributed by atoms with E-state index in [1.54, 1.807) is 0 Å². The minimum atomic E-state index is -0.140. The predicted molar refractivity (Wildman–Crippen MR) is 84.0 cm³/mol. The Bertz CT molecular complexity index is 507. The highest BCUT2D eigenvalue weighted by Crippen LogP contribution is 2.73. The lowest BCUT2D eigenvalue weighted by atomic mass is 9.62. The Kier molecular flexibility index (Phi) is 3.23. The average Bonchev–Trinajstić information content (AvgIpc) is 2.72. The number of benzene rings is 1. The second-order valence-corrected chi connectivity index (χ2v) is 7.70. The number of fused-ring (bicyclic) bond motifs is 2. The Balaban J connectivity index is 2.13. The normalized spacial score (nSPS) is 38.4. The van der Waals surface area contributed by atoms with E-state index in [9.17, 15) is 0 Å². The zero-order valence-electron chi connectivity index (χ0n) is 13.0. The molecule has 1 aromatic rings. The summed E-state index contributed by atoms with van der Waals surface area (Å²) in [4.78, 5) is 0. The predicted octanol–water partition coefficient (Wildman–Crippen LogP) is 5.42. The zero-order chi connectivity index (χ0) is 14.6. The maximum absolute atomic E-state index is 6.45. The van der Waals surface area contributed by atoms with Crippen LogP contribution in [0.2, 0.25) is 5.02 Å². The lowest BCUT2D eigenvalue weighted by Gasteiger charge is -2.48. The third-order valence-corrected chi connectivity index (χ3v) is 6.81. The number of hydrogen-bond acceptors (Lipinski definition) is 1. The molecule has 2 aliphatic carbocycles. The van der Waals surface area contributed by atoms with Gasteiger partial charge >= 0.3 is 0 Å². The van der Waals surface area contributed by atoms with Crippen LogP contribution in [-0.2, 0) is 10.3 Å². The van der Waals surface area contributed by atoms with Gasteiger partial charge in [-0.25, -0.2) is 0 Å². The smallest absolute Gasteiger partial charge is 0.0992 e. The van der Waals surface area contributed by atoms with Crippen molar-refractivity contribution in [2.45, 2.75) is 52.6 Å². The van der Waals surface area contributed by atoms with Gasteiger partial charge in [0.1, 0.15) is 0 Å². The number of rotatable bonds is 3. The average molecular weight is 293 g/mol. The first-order valence-corrected chi connectivity index (χ1v) is 8.15. The summed E-state index contributed by atoms with van der Waals surface area (Å²) >= 11 is 6.07. The fourth-order valence-corrected chi connectivity index (χ4v) is 5.08. The van der Waals surface area contributed by atoms with Gasteiger partial charge in [-0.05, 0) is 55.2 Å². The quantitative estimate of drug-likeness (QED) is 0.723. The fourth-order valence-electron chi connectivity index (χ4n) is 4.95. The highest BCUT2D eigenvalue weighted by molar-refractivity contribution is 6.30. The molecular weight excluding hydrogens is 268 g/mol. The van der Waals surface area contributed by atoms with Gasteiger partial charge in [0.05, 0.1) is 5.60 Å². The monoisotopic (exact) mass is 292 g/mol. The molecule has 0 saturated heterocycles. The minimum Gasteiger partial charge on any atom is -0.370 e. The van der Waals surface area contributed by atoms with Crippen LogP contribution in [0.5, 0.6) is 0 Å². The largest absolute Gasteiger partial charge is 0.370 e. The second kappa shape index (κ2) is 4.48. The van der Waals surface area contributed by atoms with E-state index < -0.39 is 0 Å². The highest BCUT2D eigenvalue weighted by Gasteiger charge is 2.69. The summed E-state index contributed by atoms with van der Waals surface area (Å²) in [6, 6.07) is 8.33. The van der Waals surface area contributed by atoms with Gasteiger partial charge in [0.2, 0.25) is 0 Å². The van der Waals surface area contributed by atoms with Crippen molar-refractivity contribution < 1.29 is 4.74 Å². The van der Waals surface area contributed by atoms with E-state index in [0.717, 1.165) is 24.0 Å².